The SMILES string of the molecule is COc1ccc(OC)c(NC(N)=NCc2cc3ccccc3[nH]2)c1. The zero-order chi connectivity index (χ0) is 16.9. The normalized spacial score (nSPS) is 11.5. The molecule has 0 fully saturated rings. The van der Waals surface area contributed by atoms with E-state index in [1.807, 2.05) is 36.4 Å². The van der Waals surface area contributed by atoms with Crippen molar-refractivity contribution in [1.82, 2.24) is 4.98 Å². The lowest BCUT2D eigenvalue weighted by atomic mass is 10.2. The monoisotopic (exact) mass is 324 g/mol. The highest BCUT2D eigenvalue weighted by Gasteiger charge is 2.06. The summed E-state index contributed by atoms with van der Waals surface area (Å²) in [5, 5.41) is 4.21. The van der Waals surface area contributed by atoms with Crippen molar-refractivity contribution in [2.24, 2.45) is 10.7 Å². The Morgan fingerprint density at radius 1 is 1.12 bits per heavy atom. The van der Waals surface area contributed by atoms with Crippen molar-refractivity contribution in [2.75, 3.05) is 19.5 Å². The maximum absolute atomic E-state index is 5.99. The molecule has 4 N–H and O–H groups in total. The van der Waals surface area contributed by atoms with Crippen molar-refractivity contribution in [3.8, 4) is 11.5 Å². The number of benzene rings is 2. The first-order chi connectivity index (χ1) is 11.7. The fraction of sp³-hybridized carbons (Fsp3) is 0.167. The van der Waals surface area contributed by atoms with E-state index in [1.165, 1.54) is 0 Å². The summed E-state index contributed by atoms with van der Waals surface area (Å²) >= 11 is 0. The molecule has 3 aromatic rings. The molecule has 124 valence electrons. The number of para-hydroxylation sites is 1. The van der Waals surface area contributed by atoms with Crippen LogP contribution in [-0.2, 0) is 6.54 Å². The number of hydrogen-bond donors (Lipinski definition) is 3. The van der Waals surface area contributed by atoms with E-state index in [1.54, 1.807) is 14.2 Å². The van der Waals surface area contributed by atoms with E-state index >= 15 is 0 Å². The molecule has 0 amide bonds. The number of aromatic amines is 1. The fourth-order valence-corrected chi connectivity index (χ4v) is 2.48. The molecule has 6 nitrogen and oxygen atoms in total. The van der Waals surface area contributed by atoms with Gasteiger partial charge in [-0.1, -0.05) is 18.2 Å². The molecule has 0 bridgehead atoms. The lowest BCUT2D eigenvalue weighted by molar-refractivity contribution is 0.405. The minimum Gasteiger partial charge on any atom is -0.497 e. The van der Waals surface area contributed by atoms with Crippen LogP contribution in [0.5, 0.6) is 11.5 Å². The molecule has 0 radical (unpaired) electrons. The summed E-state index contributed by atoms with van der Waals surface area (Å²) in [6, 6.07) is 15.6. The summed E-state index contributed by atoms with van der Waals surface area (Å²) in [4.78, 5) is 7.69. The van der Waals surface area contributed by atoms with Gasteiger partial charge in [-0.25, -0.2) is 4.99 Å². The first-order valence-corrected chi connectivity index (χ1v) is 7.55. The molecule has 0 spiro atoms. The van der Waals surface area contributed by atoms with Gasteiger partial charge in [0.05, 0.1) is 26.5 Å². The number of guanidine groups is 1. The molecule has 0 atom stereocenters. The maximum Gasteiger partial charge on any atom is 0.193 e. The predicted molar refractivity (Wildman–Crippen MR) is 96.8 cm³/mol. The van der Waals surface area contributed by atoms with Crippen molar-refractivity contribution in [3.05, 3.63) is 54.2 Å². The highest BCUT2D eigenvalue weighted by molar-refractivity contribution is 5.94. The largest absolute Gasteiger partial charge is 0.497 e. The maximum atomic E-state index is 5.99. The van der Waals surface area contributed by atoms with Gasteiger partial charge in [0, 0.05) is 17.3 Å². The molecule has 1 heterocycles. The van der Waals surface area contributed by atoms with Crippen LogP contribution < -0.4 is 20.5 Å². The molecule has 0 saturated carbocycles. The van der Waals surface area contributed by atoms with Gasteiger partial charge in [0.2, 0.25) is 0 Å². The Balaban J connectivity index is 1.74. The molecule has 0 aliphatic rings. The van der Waals surface area contributed by atoms with Gasteiger partial charge < -0.3 is 25.5 Å². The number of H-pyrrole nitrogens is 1. The van der Waals surface area contributed by atoms with Crippen LogP contribution in [0.2, 0.25) is 0 Å². The van der Waals surface area contributed by atoms with Crippen LogP contribution in [0.15, 0.2) is 53.5 Å². The Morgan fingerprint density at radius 3 is 2.71 bits per heavy atom. The van der Waals surface area contributed by atoms with Gasteiger partial charge in [0.15, 0.2) is 5.96 Å². The summed E-state index contributed by atoms with van der Waals surface area (Å²) in [7, 11) is 3.21. The summed E-state index contributed by atoms with van der Waals surface area (Å²) in [5.74, 6) is 1.68. The third-order valence-corrected chi connectivity index (χ3v) is 3.67. The molecule has 0 saturated heterocycles. The molecule has 6 heteroatoms. The number of fused-ring (bicyclic) bond motifs is 1. The van der Waals surface area contributed by atoms with Crippen LogP contribution >= 0.6 is 0 Å². The predicted octanol–water partition coefficient (Wildman–Crippen LogP) is 3.11. The van der Waals surface area contributed by atoms with E-state index < -0.39 is 0 Å². The zero-order valence-corrected chi connectivity index (χ0v) is 13.7. The molecular weight excluding hydrogens is 304 g/mol. The van der Waals surface area contributed by atoms with E-state index in [0.29, 0.717) is 29.7 Å². The second-order valence-electron chi connectivity index (χ2n) is 5.27. The van der Waals surface area contributed by atoms with E-state index in [4.69, 9.17) is 15.2 Å². The van der Waals surface area contributed by atoms with E-state index in [-0.39, 0.29) is 0 Å². The first-order valence-electron chi connectivity index (χ1n) is 7.55. The molecule has 0 aliphatic carbocycles. The average molecular weight is 324 g/mol. The van der Waals surface area contributed by atoms with Crippen LogP contribution in [0, 0.1) is 0 Å². The molecule has 1 aromatic heterocycles. The third kappa shape index (κ3) is 3.43. The van der Waals surface area contributed by atoms with Crippen LogP contribution in [0.25, 0.3) is 10.9 Å². The third-order valence-electron chi connectivity index (χ3n) is 3.67. The van der Waals surface area contributed by atoms with Gasteiger partial charge in [-0.2, -0.15) is 0 Å². The first kappa shape index (κ1) is 15.7. The topological polar surface area (TPSA) is 84.7 Å². The van der Waals surface area contributed by atoms with Gasteiger partial charge in [-0.05, 0) is 29.7 Å². The Morgan fingerprint density at radius 2 is 1.96 bits per heavy atom. The number of ether oxygens (including phenoxy) is 2. The summed E-state index contributed by atoms with van der Waals surface area (Å²) in [6.07, 6.45) is 0. The van der Waals surface area contributed by atoms with Crippen LogP contribution in [0.1, 0.15) is 5.69 Å². The minimum atomic E-state index is 0.306. The fourth-order valence-electron chi connectivity index (χ4n) is 2.48. The van der Waals surface area contributed by atoms with E-state index in [9.17, 15) is 0 Å². The second kappa shape index (κ2) is 6.95. The quantitative estimate of drug-likeness (QED) is 0.497. The Kier molecular flexibility index (Phi) is 4.56. The number of aromatic nitrogens is 1. The summed E-state index contributed by atoms with van der Waals surface area (Å²) in [6.45, 7) is 0.458. The Labute approximate surface area is 140 Å². The van der Waals surface area contributed by atoms with Crippen LogP contribution in [-0.4, -0.2) is 25.2 Å². The van der Waals surface area contributed by atoms with E-state index in [2.05, 4.69) is 27.4 Å². The number of aliphatic imine (C=N–C) groups is 1. The zero-order valence-electron chi connectivity index (χ0n) is 13.7. The molecular formula is C18H20N4O2. The molecule has 2 aromatic carbocycles. The highest BCUT2D eigenvalue weighted by atomic mass is 16.5. The Bertz CT molecular complexity index is 837. The van der Waals surface area contributed by atoms with Crippen LogP contribution in [0.3, 0.4) is 0 Å². The minimum absolute atomic E-state index is 0.306. The Hall–Kier alpha value is -3.15. The molecule has 3 rings (SSSR count). The summed E-state index contributed by atoms with van der Waals surface area (Å²) < 4.78 is 10.5. The van der Waals surface area contributed by atoms with Gasteiger partial charge >= 0.3 is 0 Å². The van der Waals surface area contributed by atoms with E-state index in [0.717, 1.165) is 16.6 Å². The number of nitrogens with two attached hydrogens (primary N) is 1. The van der Waals surface area contributed by atoms with Crippen molar-refractivity contribution in [1.29, 1.82) is 0 Å². The van der Waals surface area contributed by atoms with Crippen LogP contribution in [0.4, 0.5) is 5.69 Å². The number of nitrogens with one attached hydrogen (secondary N) is 2. The lowest BCUT2D eigenvalue weighted by Crippen LogP contribution is -2.23. The highest BCUT2D eigenvalue weighted by Crippen LogP contribution is 2.28. The van der Waals surface area contributed by atoms with Crippen molar-refractivity contribution >= 4 is 22.5 Å². The number of methoxy groups -OCH3 is 2. The number of hydrogen-bond acceptors (Lipinski definition) is 3. The standard InChI is InChI=1S/C18H20N4O2/c1-23-14-7-8-17(24-2)16(10-14)22-18(19)20-11-13-9-12-5-3-4-6-15(12)21-13/h3-10,21H,11H2,1-2H3,(H3,19,20,22). The molecule has 0 aliphatic heterocycles. The second-order valence-corrected chi connectivity index (χ2v) is 5.27. The summed E-state index contributed by atoms with van der Waals surface area (Å²) in [5.41, 5.74) is 8.78. The van der Waals surface area contributed by atoms with Gasteiger partial charge in [-0.3, -0.25) is 0 Å². The lowest BCUT2D eigenvalue weighted by Gasteiger charge is -2.12. The van der Waals surface area contributed by atoms with Gasteiger partial charge in [-0.15, -0.1) is 0 Å². The smallest absolute Gasteiger partial charge is 0.193 e. The van der Waals surface area contributed by atoms with Gasteiger partial charge in [0.1, 0.15) is 11.5 Å². The number of rotatable bonds is 5. The average Bonchev–Trinajstić information content (AvgIpc) is 3.03. The number of anilines is 1. The van der Waals surface area contributed by atoms with Gasteiger partial charge in [0.25, 0.3) is 0 Å². The number of nitrogens with zero attached hydrogens (tertiary/aromatic N) is 1. The van der Waals surface area contributed by atoms with Crippen molar-refractivity contribution < 1.29 is 9.47 Å². The molecule has 0 unspecified atom stereocenters. The van der Waals surface area contributed by atoms with Crippen molar-refractivity contribution in [2.45, 2.75) is 6.54 Å². The molecule has 24 heavy (non-hydrogen) atoms. The van der Waals surface area contributed by atoms with Crippen molar-refractivity contribution in [3.63, 3.8) is 0 Å².